The first-order valence-corrected chi connectivity index (χ1v) is 10.7. The van der Waals surface area contributed by atoms with E-state index in [1.807, 2.05) is 4.90 Å². The molecule has 5 rings (SSSR count). The number of thiophene rings is 1. The Hall–Kier alpha value is -1.77. The average molecular weight is 388 g/mol. The Bertz CT molecular complexity index is 923. The molecule has 2 aromatic rings. The number of nitrogens with zero attached hydrogens (tertiary/aromatic N) is 3. The molecule has 1 N–H and O–H groups in total. The molecule has 3 aliphatic rings. The molecule has 1 atom stereocenters. The van der Waals surface area contributed by atoms with E-state index < -0.39 is 0 Å². The molecule has 2 aliphatic heterocycles. The fraction of sp³-hybridized carbons (Fsp3) is 0.632. The van der Waals surface area contributed by atoms with Crippen molar-refractivity contribution >= 4 is 27.5 Å². The standard InChI is InChI=1S/C19H24N4O3S/c24-17-16-12-3-1-5-14(12)27-18(16)21-15(20-17)11-22-6-8-23(9-7-22)19(25)13-4-2-10-26-13/h13H,1-11H2,(H,20,21,24)/t13-/m1/s1. The molecule has 0 spiro atoms. The number of aryl methyl sites for hydroxylation is 2. The number of carbonyl (C=O) groups is 1. The van der Waals surface area contributed by atoms with E-state index in [9.17, 15) is 9.59 Å². The van der Waals surface area contributed by atoms with E-state index >= 15 is 0 Å². The minimum Gasteiger partial charge on any atom is -0.368 e. The van der Waals surface area contributed by atoms with Crippen molar-refractivity contribution in [3.05, 3.63) is 26.6 Å². The van der Waals surface area contributed by atoms with Crippen LogP contribution in [0, 0.1) is 0 Å². The number of fused-ring (bicyclic) bond motifs is 3. The number of hydrogen-bond donors (Lipinski definition) is 1. The Balaban J connectivity index is 1.25. The van der Waals surface area contributed by atoms with Crippen LogP contribution < -0.4 is 5.56 Å². The van der Waals surface area contributed by atoms with Crippen LogP contribution in [-0.4, -0.2) is 64.6 Å². The highest BCUT2D eigenvalue weighted by atomic mass is 32.1. The van der Waals surface area contributed by atoms with Crippen molar-refractivity contribution < 1.29 is 9.53 Å². The lowest BCUT2D eigenvalue weighted by Crippen LogP contribution is -2.51. The van der Waals surface area contributed by atoms with Gasteiger partial charge in [0.15, 0.2) is 0 Å². The fourth-order valence-electron chi connectivity index (χ4n) is 4.44. The molecule has 0 unspecified atom stereocenters. The molecule has 8 heteroatoms. The van der Waals surface area contributed by atoms with Gasteiger partial charge in [-0.1, -0.05) is 0 Å². The highest BCUT2D eigenvalue weighted by Crippen LogP contribution is 2.34. The first kappa shape index (κ1) is 17.3. The van der Waals surface area contributed by atoms with Crippen LogP contribution in [-0.2, 0) is 28.9 Å². The molecule has 144 valence electrons. The third kappa shape index (κ3) is 3.19. The third-order valence-corrected chi connectivity index (χ3v) is 7.07. The van der Waals surface area contributed by atoms with Gasteiger partial charge in [-0.15, -0.1) is 11.3 Å². The monoisotopic (exact) mass is 388 g/mol. The van der Waals surface area contributed by atoms with Gasteiger partial charge in [-0.2, -0.15) is 0 Å². The van der Waals surface area contributed by atoms with Gasteiger partial charge in [0, 0.05) is 37.7 Å². The van der Waals surface area contributed by atoms with Crippen molar-refractivity contribution in [3.63, 3.8) is 0 Å². The number of aromatic amines is 1. The Kier molecular flexibility index (Phi) is 4.49. The molecule has 0 radical (unpaired) electrons. The minimum absolute atomic E-state index is 0.00148. The lowest BCUT2D eigenvalue weighted by molar-refractivity contribution is -0.142. The quantitative estimate of drug-likeness (QED) is 0.857. The summed E-state index contributed by atoms with van der Waals surface area (Å²) in [6, 6.07) is 0. The van der Waals surface area contributed by atoms with E-state index in [1.165, 1.54) is 10.4 Å². The lowest BCUT2D eigenvalue weighted by Gasteiger charge is -2.35. The predicted octanol–water partition coefficient (Wildman–Crippen LogP) is 1.30. The highest BCUT2D eigenvalue weighted by Gasteiger charge is 2.30. The van der Waals surface area contributed by atoms with Crippen molar-refractivity contribution in [2.45, 2.75) is 44.8 Å². The number of piperazine rings is 1. The molecular weight excluding hydrogens is 364 g/mol. The number of hydrogen-bond acceptors (Lipinski definition) is 6. The van der Waals surface area contributed by atoms with Crippen LogP contribution >= 0.6 is 11.3 Å². The van der Waals surface area contributed by atoms with Crippen LogP contribution in [0.5, 0.6) is 0 Å². The van der Waals surface area contributed by atoms with Gasteiger partial charge in [-0.05, 0) is 37.7 Å². The van der Waals surface area contributed by atoms with Crippen molar-refractivity contribution in [1.29, 1.82) is 0 Å². The predicted molar refractivity (Wildman–Crippen MR) is 103 cm³/mol. The van der Waals surface area contributed by atoms with Gasteiger partial charge >= 0.3 is 0 Å². The first-order valence-electron chi connectivity index (χ1n) is 9.85. The summed E-state index contributed by atoms with van der Waals surface area (Å²) in [5.41, 5.74) is 1.22. The molecule has 7 nitrogen and oxygen atoms in total. The number of H-pyrrole nitrogens is 1. The molecule has 0 aromatic carbocycles. The largest absolute Gasteiger partial charge is 0.368 e. The minimum atomic E-state index is -0.238. The zero-order chi connectivity index (χ0) is 18.4. The summed E-state index contributed by atoms with van der Waals surface area (Å²) >= 11 is 1.68. The maximum Gasteiger partial charge on any atom is 0.259 e. The van der Waals surface area contributed by atoms with Crippen molar-refractivity contribution in [3.8, 4) is 0 Å². The van der Waals surface area contributed by atoms with E-state index in [0.29, 0.717) is 26.2 Å². The molecule has 0 saturated carbocycles. The molecular formula is C19H24N4O3S. The van der Waals surface area contributed by atoms with Gasteiger partial charge in [-0.25, -0.2) is 4.98 Å². The second-order valence-electron chi connectivity index (χ2n) is 7.65. The van der Waals surface area contributed by atoms with Gasteiger partial charge < -0.3 is 14.6 Å². The molecule has 1 aliphatic carbocycles. The lowest BCUT2D eigenvalue weighted by atomic mass is 10.2. The summed E-state index contributed by atoms with van der Waals surface area (Å²) in [6.07, 6.45) is 4.80. The van der Waals surface area contributed by atoms with E-state index in [4.69, 9.17) is 9.72 Å². The Morgan fingerprint density at radius 2 is 2.07 bits per heavy atom. The normalized spacial score (nSPS) is 23.3. The highest BCUT2D eigenvalue weighted by molar-refractivity contribution is 7.18. The molecule has 4 heterocycles. The van der Waals surface area contributed by atoms with E-state index in [2.05, 4.69) is 9.88 Å². The molecule has 2 aromatic heterocycles. The number of aromatic nitrogens is 2. The summed E-state index contributed by atoms with van der Waals surface area (Å²) < 4.78 is 5.52. The van der Waals surface area contributed by atoms with Crippen LogP contribution in [0.15, 0.2) is 4.79 Å². The van der Waals surface area contributed by atoms with Gasteiger partial charge in [0.05, 0.1) is 11.9 Å². The third-order valence-electron chi connectivity index (χ3n) is 5.89. The van der Waals surface area contributed by atoms with Gasteiger partial charge in [-0.3, -0.25) is 14.5 Å². The summed E-state index contributed by atoms with van der Waals surface area (Å²) in [5, 5.41) is 0.809. The van der Waals surface area contributed by atoms with Crippen LogP contribution in [0.2, 0.25) is 0 Å². The van der Waals surface area contributed by atoms with Crippen molar-refractivity contribution in [1.82, 2.24) is 19.8 Å². The molecule has 2 fully saturated rings. The fourth-order valence-corrected chi connectivity index (χ4v) is 5.72. The average Bonchev–Trinajstić information content (AvgIpc) is 3.38. The number of ether oxygens (including phenoxy) is 1. The first-order chi connectivity index (χ1) is 13.2. The topological polar surface area (TPSA) is 78.5 Å². The summed E-state index contributed by atoms with van der Waals surface area (Å²) in [6.45, 7) is 4.32. The Morgan fingerprint density at radius 1 is 1.22 bits per heavy atom. The molecule has 2 saturated heterocycles. The number of rotatable bonds is 3. The second-order valence-corrected chi connectivity index (χ2v) is 8.74. The maximum atomic E-state index is 12.6. The number of nitrogens with one attached hydrogen (secondary N) is 1. The van der Waals surface area contributed by atoms with E-state index in [-0.39, 0.29) is 17.6 Å². The van der Waals surface area contributed by atoms with Crippen molar-refractivity contribution in [2.75, 3.05) is 32.8 Å². The SMILES string of the molecule is O=C([C@H]1CCCO1)N1CCN(Cc2nc3sc4c(c3c(=O)[nH]2)CCC4)CC1. The maximum absolute atomic E-state index is 12.6. The van der Waals surface area contributed by atoms with Gasteiger partial charge in [0.25, 0.3) is 11.5 Å². The molecule has 1 amide bonds. The number of amides is 1. The summed E-state index contributed by atoms with van der Waals surface area (Å²) in [5.74, 6) is 0.861. The van der Waals surface area contributed by atoms with E-state index in [1.54, 1.807) is 11.3 Å². The summed E-state index contributed by atoms with van der Waals surface area (Å²) in [7, 11) is 0. The Morgan fingerprint density at radius 3 is 2.85 bits per heavy atom. The van der Waals surface area contributed by atoms with Crippen LogP contribution in [0.1, 0.15) is 35.5 Å². The van der Waals surface area contributed by atoms with Gasteiger partial charge in [0.2, 0.25) is 0 Å². The molecule has 0 bridgehead atoms. The van der Waals surface area contributed by atoms with Gasteiger partial charge in [0.1, 0.15) is 16.8 Å². The second kappa shape index (κ2) is 7.00. The smallest absolute Gasteiger partial charge is 0.259 e. The zero-order valence-electron chi connectivity index (χ0n) is 15.3. The van der Waals surface area contributed by atoms with Crippen LogP contribution in [0.25, 0.3) is 10.2 Å². The van der Waals surface area contributed by atoms with E-state index in [0.717, 1.165) is 61.2 Å². The summed E-state index contributed by atoms with van der Waals surface area (Å²) in [4.78, 5) is 39.1. The molecule has 27 heavy (non-hydrogen) atoms. The Labute approximate surface area is 161 Å². The van der Waals surface area contributed by atoms with Crippen LogP contribution in [0.4, 0.5) is 0 Å². The van der Waals surface area contributed by atoms with Crippen molar-refractivity contribution in [2.24, 2.45) is 0 Å². The van der Waals surface area contributed by atoms with Crippen LogP contribution in [0.3, 0.4) is 0 Å². The zero-order valence-corrected chi connectivity index (χ0v) is 16.1. The number of carbonyl (C=O) groups excluding carboxylic acids is 1.